The van der Waals surface area contributed by atoms with Crippen molar-refractivity contribution in [2.24, 2.45) is 5.41 Å². The van der Waals surface area contributed by atoms with E-state index < -0.39 is 0 Å². The van der Waals surface area contributed by atoms with Gasteiger partial charge in [0, 0.05) is 65.8 Å². The first-order valence-corrected chi connectivity index (χ1v) is 11.5. The molecular weight excluding hydrogens is 400 g/mol. The third kappa shape index (κ3) is 3.85. The lowest BCUT2D eigenvalue weighted by Gasteiger charge is -2.40. The van der Waals surface area contributed by atoms with E-state index in [1.54, 1.807) is 14.2 Å². The van der Waals surface area contributed by atoms with E-state index in [9.17, 15) is 4.79 Å². The molecule has 0 bridgehead atoms. The molecule has 170 valence electrons. The lowest BCUT2D eigenvalue weighted by Crippen LogP contribution is -2.34. The predicted molar refractivity (Wildman–Crippen MR) is 130 cm³/mol. The van der Waals surface area contributed by atoms with Gasteiger partial charge in [-0.3, -0.25) is 4.79 Å². The van der Waals surface area contributed by atoms with Gasteiger partial charge < -0.3 is 19.7 Å². The summed E-state index contributed by atoms with van der Waals surface area (Å²) in [5.74, 6) is 1.50. The van der Waals surface area contributed by atoms with E-state index in [0.717, 1.165) is 59.1 Å². The van der Waals surface area contributed by atoms with Gasteiger partial charge in [0.2, 0.25) is 0 Å². The van der Waals surface area contributed by atoms with Crippen LogP contribution in [0.15, 0.2) is 47.7 Å². The molecule has 2 aromatic carbocycles. The highest BCUT2D eigenvalue weighted by atomic mass is 16.5. The molecule has 0 spiro atoms. The van der Waals surface area contributed by atoms with Crippen molar-refractivity contribution in [3.05, 3.63) is 58.8 Å². The Labute approximate surface area is 191 Å². The van der Waals surface area contributed by atoms with Crippen LogP contribution in [0.1, 0.15) is 57.6 Å². The largest absolute Gasteiger partial charge is 0.497 e. The van der Waals surface area contributed by atoms with E-state index in [2.05, 4.69) is 62.2 Å². The van der Waals surface area contributed by atoms with E-state index in [1.807, 2.05) is 12.1 Å². The molecule has 1 aliphatic carbocycles. The van der Waals surface area contributed by atoms with Gasteiger partial charge in [-0.2, -0.15) is 0 Å². The molecular formula is C27H34N2O3. The summed E-state index contributed by atoms with van der Waals surface area (Å²) in [7, 11) is 3.33. The first-order valence-electron chi connectivity index (χ1n) is 11.5. The fourth-order valence-electron chi connectivity index (χ4n) is 5.18. The number of Topliss-reactive ketones (excluding diaryl/α,β-unsaturated/α-hetero) is 1. The number of allylic oxidation sites excluding steroid dienone is 2. The topological polar surface area (TPSA) is 50.8 Å². The number of fused-ring (bicyclic) bond motifs is 1. The minimum absolute atomic E-state index is 0.0689. The molecule has 32 heavy (non-hydrogen) atoms. The van der Waals surface area contributed by atoms with Gasteiger partial charge in [0.25, 0.3) is 0 Å². The van der Waals surface area contributed by atoms with Gasteiger partial charge in [0.1, 0.15) is 11.5 Å². The van der Waals surface area contributed by atoms with Gasteiger partial charge in [-0.25, -0.2) is 0 Å². The van der Waals surface area contributed by atoms with Crippen LogP contribution in [0.2, 0.25) is 0 Å². The van der Waals surface area contributed by atoms with Crippen LogP contribution >= 0.6 is 0 Å². The highest BCUT2D eigenvalue weighted by Crippen LogP contribution is 2.52. The Balaban J connectivity index is 1.90. The van der Waals surface area contributed by atoms with Crippen molar-refractivity contribution < 1.29 is 14.3 Å². The van der Waals surface area contributed by atoms with Crippen LogP contribution in [0.25, 0.3) is 0 Å². The number of hydrogen-bond donors (Lipinski definition) is 1. The summed E-state index contributed by atoms with van der Waals surface area (Å²) in [4.78, 5) is 15.8. The van der Waals surface area contributed by atoms with Crippen molar-refractivity contribution in [2.45, 2.75) is 46.5 Å². The molecule has 2 aromatic rings. The van der Waals surface area contributed by atoms with Gasteiger partial charge >= 0.3 is 0 Å². The zero-order valence-electron chi connectivity index (χ0n) is 20.0. The molecule has 5 nitrogen and oxygen atoms in total. The van der Waals surface area contributed by atoms with Gasteiger partial charge in [0.15, 0.2) is 5.78 Å². The fraction of sp³-hybridized carbons (Fsp3) is 0.444. The van der Waals surface area contributed by atoms with E-state index in [0.29, 0.717) is 6.42 Å². The molecule has 0 saturated carbocycles. The number of rotatable bonds is 6. The average molecular weight is 435 g/mol. The minimum atomic E-state index is -0.170. The minimum Gasteiger partial charge on any atom is -0.497 e. The number of nitrogens with one attached hydrogen (secondary N) is 1. The summed E-state index contributed by atoms with van der Waals surface area (Å²) in [6, 6.07) is 12.6. The van der Waals surface area contributed by atoms with Crippen molar-refractivity contribution in [1.82, 2.24) is 0 Å². The average Bonchev–Trinajstić information content (AvgIpc) is 2.77. The summed E-state index contributed by atoms with van der Waals surface area (Å²) in [6.45, 7) is 10.6. The van der Waals surface area contributed by atoms with Crippen LogP contribution in [0.5, 0.6) is 11.5 Å². The Bertz CT molecular complexity index is 1050. The highest BCUT2D eigenvalue weighted by Gasteiger charge is 2.42. The maximum Gasteiger partial charge on any atom is 0.162 e. The Morgan fingerprint density at radius 2 is 1.72 bits per heavy atom. The Morgan fingerprint density at radius 1 is 1.03 bits per heavy atom. The molecule has 0 radical (unpaired) electrons. The van der Waals surface area contributed by atoms with Crippen LogP contribution in [0.4, 0.5) is 11.4 Å². The number of carbonyl (C=O) groups is 1. The number of nitrogens with zero attached hydrogens (tertiary/aromatic N) is 1. The van der Waals surface area contributed by atoms with Crippen molar-refractivity contribution in [3.63, 3.8) is 0 Å². The Hall–Kier alpha value is -2.95. The highest BCUT2D eigenvalue weighted by molar-refractivity contribution is 6.02. The normalized spacial score (nSPS) is 19.1. The number of hydrogen-bond acceptors (Lipinski definition) is 5. The van der Waals surface area contributed by atoms with Crippen molar-refractivity contribution in [1.29, 1.82) is 0 Å². The van der Waals surface area contributed by atoms with Crippen molar-refractivity contribution >= 4 is 17.2 Å². The van der Waals surface area contributed by atoms with Crippen LogP contribution < -0.4 is 19.7 Å². The maximum atomic E-state index is 13.5. The summed E-state index contributed by atoms with van der Waals surface area (Å²) in [6.07, 6.45) is 1.39. The first-order chi connectivity index (χ1) is 15.3. The van der Waals surface area contributed by atoms with Crippen molar-refractivity contribution in [3.8, 4) is 11.5 Å². The predicted octanol–water partition coefficient (Wildman–Crippen LogP) is 5.75. The molecule has 0 aromatic heterocycles. The number of methoxy groups -OCH3 is 2. The first kappa shape index (κ1) is 22.3. The van der Waals surface area contributed by atoms with Gasteiger partial charge in [-0.05, 0) is 43.4 Å². The SMILES string of the molecule is CCN(CC)c1ccc([C@H]2C3=C(CC(C)(C)CC3=O)Nc3cc(OC)cc(OC)c32)cc1. The molecule has 4 rings (SSSR count). The third-order valence-corrected chi connectivity index (χ3v) is 6.71. The summed E-state index contributed by atoms with van der Waals surface area (Å²) in [5, 5.41) is 3.57. The number of ether oxygens (including phenoxy) is 2. The van der Waals surface area contributed by atoms with Crippen LogP contribution in [0, 0.1) is 5.41 Å². The second kappa shape index (κ2) is 8.53. The number of benzene rings is 2. The van der Waals surface area contributed by atoms with Crippen LogP contribution in [-0.4, -0.2) is 33.1 Å². The fourth-order valence-corrected chi connectivity index (χ4v) is 5.18. The molecule has 0 saturated heterocycles. The quantitative estimate of drug-likeness (QED) is 0.627. The Kier molecular flexibility index (Phi) is 5.93. The van der Waals surface area contributed by atoms with E-state index in [4.69, 9.17) is 9.47 Å². The van der Waals surface area contributed by atoms with E-state index >= 15 is 0 Å². The van der Waals surface area contributed by atoms with E-state index in [1.165, 1.54) is 5.69 Å². The molecule has 1 heterocycles. The monoisotopic (exact) mass is 434 g/mol. The number of anilines is 2. The summed E-state index contributed by atoms with van der Waals surface area (Å²) < 4.78 is 11.3. The third-order valence-electron chi connectivity index (χ3n) is 6.71. The van der Waals surface area contributed by atoms with Gasteiger partial charge in [-0.15, -0.1) is 0 Å². The van der Waals surface area contributed by atoms with E-state index in [-0.39, 0.29) is 17.1 Å². The molecule has 0 unspecified atom stereocenters. The molecule has 0 fully saturated rings. The molecule has 0 amide bonds. The lowest BCUT2D eigenvalue weighted by molar-refractivity contribution is -0.118. The Morgan fingerprint density at radius 3 is 2.31 bits per heavy atom. The summed E-state index contributed by atoms with van der Waals surface area (Å²) in [5.41, 5.74) is 6.06. The molecule has 2 aliphatic rings. The van der Waals surface area contributed by atoms with Crippen LogP contribution in [-0.2, 0) is 4.79 Å². The molecule has 5 heteroatoms. The van der Waals surface area contributed by atoms with Gasteiger partial charge in [0.05, 0.1) is 14.2 Å². The standard InChI is InChI=1S/C27H34N2O3/c1-7-29(8-2)18-11-9-17(10-12-18)24-25-21(15-27(3,4)16-22(25)30)28-20-13-19(31-5)14-23(32-6)26(20)24/h9-14,24,28H,7-8,15-16H2,1-6H3/t24-/m0/s1. The number of carbonyl (C=O) groups excluding carboxylic acids is 1. The second-order valence-electron chi connectivity index (χ2n) is 9.45. The molecule has 1 atom stereocenters. The zero-order chi connectivity index (χ0) is 23.0. The van der Waals surface area contributed by atoms with Gasteiger partial charge in [-0.1, -0.05) is 26.0 Å². The smallest absolute Gasteiger partial charge is 0.162 e. The number of ketones is 1. The zero-order valence-corrected chi connectivity index (χ0v) is 20.0. The lowest BCUT2D eigenvalue weighted by atomic mass is 9.68. The second-order valence-corrected chi connectivity index (χ2v) is 9.45. The van der Waals surface area contributed by atoms with Crippen molar-refractivity contribution in [2.75, 3.05) is 37.5 Å². The molecule has 1 aliphatic heterocycles. The maximum absolute atomic E-state index is 13.5. The van der Waals surface area contributed by atoms with Crippen LogP contribution in [0.3, 0.4) is 0 Å². The summed E-state index contributed by atoms with van der Waals surface area (Å²) >= 11 is 0. The molecule has 1 N–H and O–H groups in total.